The average Bonchev–Trinajstić information content (AvgIpc) is 2.82. The van der Waals surface area contributed by atoms with E-state index in [9.17, 15) is 0 Å². The Morgan fingerprint density at radius 3 is 2.76 bits per heavy atom. The molecule has 2 heteroatoms. The second-order valence-electron chi connectivity index (χ2n) is 4.37. The molecule has 1 aliphatic carbocycles. The highest BCUT2D eigenvalue weighted by atomic mass is 16.5. The first-order valence-corrected chi connectivity index (χ1v) is 5.89. The molecular weight excluding hydrogens is 212 g/mol. The summed E-state index contributed by atoms with van der Waals surface area (Å²) in [5, 5.41) is 0. The third kappa shape index (κ3) is 1.91. The van der Waals surface area contributed by atoms with Gasteiger partial charge in [0.25, 0.3) is 6.10 Å². The first-order valence-electron chi connectivity index (χ1n) is 5.89. The molecule has 0 saturated heterocycles. The van der Waals surface area contributed by atoms with E-state index in [1.807, 2.05) is 18.2 Å². The Hall–Kier alpha value is -1.83. The lowest BCUT2D eigenvalue weighted by Crippen LogP contribution is -2.09. The van der Waals surface area contributed by atoms with E-state index in [1.165, 1.54) is 5.56 Å². The van der Waals surface area contributed by atoms with E-state index in [4.69, 9.17) is 9.16 Å². The summed E-state index contributed by atoms with van der Waals surface area (Å²) in [4.78, 5) is 0. The molecule has 1 aromatic rings. The summed E-state index contributed by atoms with van der Waals surface area (Å²) in [5.74, 6) is 2.34. The second kappa shape index (κ2) is 4.21. The molecular formula is C15H15O2+. The first kappa shape index (κ1) is 10.3. The largest absolute Gasteiger partial charge is 0.497 e. The van der Waals surface area contributed by atoms with Gasteiger partial charge in [0.1, 0.15) is 11.7 Å². The van der Waals surface area contributed by atoms with Gasteiger partial charge in [0.05, 0.1) is 19.1 Å². The quantitative estimate of drug-likeness (QED) is 0.711. The van der Waals surface area contributed by atoms with Gasteiger partial charge in [-0.15, -0.1) is 0 Å². The number of allylic oxidation sites excluding steroid dienone is 3. The number of benzene rings is 1. The number of rotatable bonds is 2. The minimum absolute atomic E-state index is 0.174. The minimum atomic E-state index is 0.174. The lowest BCUT2D eigenvalue weighted by molar-refractivity contribution is -0.499. The molecule has 1 heterocycles. The smallest absolute Gasteiger partial charge is 0.328 e. The maximum Gasteiger partial charge on any atom is 0.328 e. The summed E-state index contributed by atoms with van der Waals surface area (Å²) in [6.45, 7) is 0. The highest BCUT2D eigenvalue weighted by Crippen LogP contribution is 2.33. The topological polar surface area (TPSA) is 20.5 Å². The van der Waals surface area contributed by atoms with Crippen LogP contribution in [0.1, 0.15) is 18.1 Å². The molecule has 0 spiro atoms. The molecule has 0 N–H and O–H groups in total. The van der Waals surface area contributed by atoms with Crippen LogP contribution < -0.4 is 0 Å². The zero-order valence-corrected chi connectivity index (χ0v) is 9.80. The third-order valence-corrected chi connectivity index (χ3v) is 3.30. The van der Waals surface area contributed by atoms with Crippen LogP contribution >= 0.6 is 0 Å². The van der Waals surface area contributed by atoms with Crippen LogP contribution in [0.4, 0.5) is 0 Å². The van der Waals surface area contributed by atoms with Gasteiger partial charge < -0.3 is 4.74 Å². The van der Waals surface area contributed by atoms with Crippen LogP contribution in [0, 0.1) is 5.92 Å². The molecule has 2 aliphatic rings. The highest BCUT2D eigenvalue weighted by Gasteiger charge is 2.40. The van der Waals surface area contributed by atoms with Crippen LogP contribution in [0.3, 0.4) is 0 Å². The van der Waals surface area contributed by atoms with Crippen LogP contribution in [0.15, 0.2) is 54.3 Å². The maximum absolute atomic E-state index is 5.97. The van der Waals surface area contributed by atoms with Crippen molar-refractivity contribution in [2.24, 2.45) is 5.92 Å². The van der Waals surface area contributed by atoms with E-state index >= 15 is 0 Å². The summed E-state index contributed by atoms with van der Waals surface area (Å²) in [6, 6.07) is 10.4. The number of ketones is 1. The number of ether oxygens (including phenoxy) is 1. The zero-order valence-electron chi connectivity index (χ0n) is 9.80. The zero-order chi connectivity index (χ0) is 11.7. The Morgan fingerprint density at radius 1 is 1.18 bits per heavy atom. The number of methoxy groups -OCH3 is 1. The van der Waals surface area contributed by atoms with Crippen LogP contribution in [-0.2, 0) is 9.16 Å². The fraction of sp³-hybridized carbons (Fsp3) is 0.267. The Balaban J connectivity index is 1.85. The summed E-state index contributed by atoms with van der Waals surface area (Å²) in [5.41, 5.74) is 1.25. The van der Waals surface area contributed by atoms with E-state index in [0.29, 0.717) is 5.92 Å². The molecule has 0 bridgehead atoms. The molecule has 0 fully saturated rings. The minimum Gasteiger partial charge on any atom is -0.497 e. The fourth-order valence-corrected chi connectivity index (χ4v) is 2.39. The van der Waals surface area contributed by atoms with Crippen molar-refractivity contribution in [2.45, 2.75) is 12.5 Å². The number of fused-ring (bicyclic) bond motifs is 1. The summed E-state index contributed by atoms with van der Waals surface area (Å²) in [6.07, 6.45) is 7.29. The average molecular weight is 227 g/mol. The Bertz CT molecular complexity index is 497. The molecule has 0 amide bonds. The molecule has 2 atom stereocenters. The van der Waals surface area contributed by atoms with Gasteiger partial charge in [-0.3, -0.25) is 4.42 Å². The van der Waals surface area contributed by atoms with Gasteiger partial charge in [0, 0.05) is 6.08 Å². The van der Waals surface area contributed by atoms with E-state index < -0.39 is 0 Å². The lowest BCUT2D eigenvalue weighted by Gasteiger charge is -2.06. The van der Waals surface area contributed by atoms with Crippen LogP contribution in [0.5, 0.6) is 0 Å². The molecule has 0 aromatic heterocycles. The highest BCUT2D eigenvalue weighted by molar-refractivity contribution is 5.95. The first-order chi connectivity index (χ1) is 8.36. The van der Waals surface area contributed by atoms with Crippen molar-refractivity contribution in [3.05, 3.63) is 59.9 Å². The van der Waals surface area contributed by atoms with Crippen LogP contribution in [0.25, 0.3) is 0 Å². The van der Waals surface area contributed by atoms with E-state index in [2.05, 4.69) is 30.3 Å². The van der Waals surface area contributed by atoms with Crippen molar-refractivity contribution in [3.8, 4) is 0 Å². The van der Waals surface area contributed by atoms with Gasteiger partial charge in [-0.1, -0.05) is 18.2 Å². The van der Waals surface area contributed by atoms with Gasteiger partial charge in [-0.05, 0) is 24.3 Å². The Morgan fingerprint density at radius 2 is 2.00 bits per heavy atom. The molecule has 1 aliphatic heterocycles. The second-order valence-corrected chi connectivity index (χ2v) is 4.37. The predicted molar refractivity (Wildman–Crippen MR) is 66.5 cm³/mol. The van der Waals surface area contributed by atoms with Gasteiger partial charge in [-0.25, -0.2) is 0 Å². The third-order valence-electron chi connectivity index (χ3n) is 3.30. The van der Waals surface area contributed by atoms with E-state index in [1.54, 1.807) is 7.11 Å². The number of hydrogen-bond acceptors (Lipinski definition) is 1. The number of carbonyl (C=O) groups excluding carboxylic acids is 1. The van der Waals surface area contributed by atoms with Gasteiger partial charge in [0.15, 0.2) is 0 Å². The van der Waals surface area contributed by atoms with Crippen molar-refractivity contribution in [1.29, 1.82) is 0 Å². The molecule has 86 valence electrons. The molecule has 2 unspecified atom stereocenters. The molecule has 3 rings (SSSR count). The Kier molecular flexibility index (Phi) is 2.56. The molecule has 0 radical (unpaired) electrons. The van der Waals surface area contributed by atoms with Crippen molar-refractivity contribution in [2.75, 3.05) is 7.11 Å². The summed E-state index contributed by atoms with van der Waals surface area (Å²) in [7, 11) is 1.70. The van der Waals surface area contributed by atoms with Crippen LogP contribution in [0.2, 0.25) is 0 Å². The van der Waals surface area contributed by atoms with Crippen molar-refractivity contribution in [1.82, 2.24) is 0 Å². The van der Waals surface area contributed by atoms with Crippen molar-refractivity contribution in [3.63, 3.8) is 0 Å². The van der Waals surface area contributed by atoms with Gasteiger partial charge in [0.2, 0.25) is 0 Å². The van der Waals surface area contributed by atoms with E-state index in [0.717, 1.165) is 18.0 Å². The maximum atomic E-state index is 5.97. The standard InChI is InChI=1S/C15H15O2/c1-16-13-7-8-14-12(9-13)10-15(17-14)11-5-3-2-4-6-11/h2-9,12,15H,10H2,1H3/q+1. The lowest BCUT2D eigenvalue weighted by atomic mass is 9.93. The number of hydrogen-bond donors (Lipinski definition) is 0. The SMILES string of the molecule is COC1=CC2CC(c3ccccc3)[O+]=C2C=C1. The molecule has 17 heavy (non-hydrogen) atoms. The Labute approximate surface area is 101 Å². The monoisotopic (exact) mass is 227 g/mol. The normalized spacial score (nSPS) is 26.2. The summed E-state index contributed by atoms with van der Waals surface area (Å²) < 4.78 is 11.2. The van der Waals surface area contributed by atoms with Crippen molar-refractivity contribution >= 4 is 5.78 Å². The van der Waals surface area contributed by atoms with E-state index in [-0.39, 0.29) is 6.10 Å². The molecule has 1 aromatic carbocycles. The molecule has 2 nitrogen and oxygen atoms in total. The van der Waals surface area contributed by atoms with Crippen molar-refractivity contribution < 1.29 is 9.16 Å². The predicted octanol–water partition coefficient (Wildman–Crippen LogP) is 2.95. The fourth-order valence-electron chi connectivity index (χ4n) is 2.39. The summed E-state index contributed by atoms with van der Waals surface area (Å²) >= 11 is 0. The molecule has 0 saturated carbocycles. The van der Waals surface area contributed by atoms with Gasteiger partial charge in [-0.2, -0.15) is 0 Å². The van der Waals surface area contributed by atoms with Gasteiger partial charge >= 0.3 is 5.78 Å². The van der Waals surface area contributed by atoms with Crippen LogP contribution in [-0.4, -0.2) is 12.9 Å².